The number of aromatic nitrogens is 4. The van der Waals surface area contributed by atoms with Gasteiger partial charge in [0, 0.05) is 18.2 Å². The number of nitrogens with zero attached hydrogens (tertiary/aromatic N) is 4. The van der Waals surface area contributed by atoms with Gasteiger partial charge in [0.1, 0.15) is 5.82 Å². The van der Waals surface area contributed by atoms with Crippen LogP contribution in [-0.2, 0) is 6.54 Å². The molecule has 0 radical (unpaired) electrons. The molecule has 1 N–H and O–H groups in total. The van der Waals surface area contributed by atoms with Crippen LogP contribution in [0.25, 0.3) is 5.69 Å². The van der Waals surface area contributed by atoms with Gasteiger partial charge in [-0.05, 0) is 28.6 Å². The Morgan fingerprint density at radius 1 is 1.04 bits per heavy atom. The molecular formula is C14H8Cl2F3N5. The van der Waals surface area contributed by atoms with Crippen molar-refractivity contribution in [2.45, 2.75) is 6.54 Å². The zero-order chi connectivity index (χ0) is 17.3. The van der Waals surface area contributed by atoms with Crippen molar-refractivity contribution >= 4 is 29.2 Å². The molecule has 0 unspecified atom stereocenters. The molecule has 0 aliphatic rings. The van der Waals surface area contributed by atoms with E-state index in [1.54, 1.807) is 18.2 Å². The minimum absolute atomic E-state index is 0.0827. The summed E-state index contributed by atoms with van der Waals surface area (Å²) in [5, 5.41) is 14.3. The molecule has 0 aliphatic heterocycles. The molecule has 0 spiro atoms. The Morgan fingerprint density at radius 2 is 1.79 bits per heavy atom. The molecule has 0 aliphatic carbocycles. The van der Waals surface area contributed by atoms with E-state index in [1.165, 1.54) is 4.68 Å². The van der Waals surface area contributed by atoms with Gasteiger partial charge in [0.25, 0.3) is 0 Å². The van der Waals surface area contributed by atoms with Crippen LogP contribution in [0.3, 0.4) is 0 Å². The lowest BCUT2D eigenvalue weighted by Gasteiger charge is -2.10. The quantitative estimate of drug-likeness (QED) is 0.702. The summed E-state index contributed by atoms with van der Waals surface area (Å²) in [5.74, 6) is -3.16. The molecule has 24 heavy (non-hydrogen) atoms. The SMILES string of the molecule is Fc1cc(F)c(CNc2nnnn2-c2cccc(Cl)c2Cl)cc1F. The molecule has 3 aromatic rings. The van der Waals surface area contributed by atoms with E-state index in [9.17, 15) is 13.2 Å². The number of hydrogen-bond acceptors (Lipinski definition) is 4. The highest BCUT2D eigenvalue weighted by Crippen LogP contribution is 2.29. The number of halogens is 5. The van der Waals surface area contributed by atoms with Gasteiger partial charge in [0.05, 0.1) is 15.7 Å². The Bertz CT molecular complexity index is 900. The van der Waals surface area contributed by atoms with E-state index in [0.717, 1.165) is 6.07 Å². The second-order valence-corrected chi connectivity index (χ2v) is 5.48. The first-order valence-electron chi connectivity index (χ1n) is 6.57. The van der Waals surface area contributed by atoms with Gasteiger partial charge in [0.2, 0.25) is 5.95 Å². The van der Waals surface area contributed by atoms with E-state index in [4.69, 9.17) is 23.2 Å². The number of benzene rings is 2. The average molecular weight is 374 g/mol. The Hall–Kier alpha value is -2.32. The van der Waals surface area contributed by atoms with Crippen molar-refractivity contribution in [3.05, 3.63) is 63.4 Å². The minimum atomic E-state index is -1.26. The highest BCUT2D eigenvalue weighted by molar-refractivity contribution is 6.43. The number of nitrogens with one attached hydrogen (secondary N) is 1. The first-order valence-corrected chi connectivity index (χ1v) is 7.33. The molecule has 0 amide bonds. The minimum Gasteiger partial charge on any atom is -0.349 e. The zero-order valence-corrected chi connectivity index (χ0v) is 13.3. The van der Waals surface area contributed by atoms with Gasteiger partial charge in [-0.2, -0.15) is 4.68 Å². The molecule has 5 nitrogen and oxygen atoms in total. The molecule has 0 bridgehead atoms. The monoisotopic (exact) mass is 373 g/mol. The van der Waals surface area contributed by atoms with Crippen LogP contribution >= 0.6 is 23.2 Å². The van der Waals surface area contributed by atoms with Crippen LogP contribution in [0.5, 0.6) is 0 Å². The normalized spacial score (nSPS) is 10.9. The molecule has 2 aromatic carbocycles. The second kappa shape index (κ2) is 6.66. The van der Waals surface area contributed by atoms with Crippen LogP contribution in [0.15, 0.2) is 30.3 Å². The van der Waals surface area contributed by atoms with Gasteiger partial charge in [0.15, 0.2) is 11.6 Å². The van der Waals surface area contributed by atoms with Gasteiger partial charge >= 0.3 is 0 Å². The molecule has 0 atom stereocenters. The summed E-state index contributed by atoms with van der Waals surface area (Å²) in [6, 6.07) is 6.13. The Morgan fingerprint density at radius 3 is 2.58 bits per heavy atom. The number of tetrazole rings is 1. The van der Waals surface area contributed by atoms with Gasteiger partial charge < -0.3 is 5.32 Å². The van der Waals surface area contributed by atoms with Gasteiger partial charge in [-0.1, -0.05) is 34.4 Å². The highest BCUT2D eigenvalue weighted by atomic mass is 35.5. The molecule has 1 heterocycles. The summed E-state index contributed by atoms with van der Waals surface area (Å²) in [7, 11) is 0. The molecule has 3 rings (SSSR count). The van der Waals surface area contributed by atoms with Crippen molar-refractivity contribution in [1.82, 2.24) is 20.2 Å². The van der Waals surface area contributed by atoms with Crippen molar-refractivity contribution in [3.8, 4) is 5.69 Å². The summed E-state index contributed by atoms with van der Waals surface area (Å²) in [6.07, 6.45) is 0. The predicted molar refractivity (Wildman–Crippen MR) is 82.8 cm³/mol. The molecule has 0 saturated carbocycles. The van der Waals surface area contributed by atoms with Crippen molar-refractivity contribution in [3.63, 3.8) is 0 Å². The number of anilines is 1. The molecule has 1 aromatic heterocycles. The summed E-state index contributed by atoms with van der Waals surface area (Å²) in [4.78, 5) is 0. The highest BCUT2D eigenvalue weighted by Gasteiger charge is 2.15. The lowest BCUT2D eigenvalue weighted by Crippen LogP contribution is -2.09. The first-order chi connectivity index (χ1) is 11.5. The van der Waals surface area contributed by atoms with E-state index in [-0.39, 0.29) is 23.1 Å². The summed E-state index contributed by atoms with van der Waals surface area (Å²) >= 11 is 12.1. The van der Waals surface area contributed by atoms with Crippen molar-refractivity contribution in [2.24, 2.45) is 0 Å². The van der Waals surface area contributed by atoms with Crippen LogP contribution < -0.4 is 5.32 Å². The second-order valence-electron chi connectivity index (χ2n) is 4.70. The summed E-state index contributed by atoms with van der Waals surface area (Å²) in [6.45, 7) is -0.165. The maximum atomic E-state index is 13.7. The van der Waals surface area contributed by atoms with Crippen LogP contribution in [-0.4, -0.2) is 20.2 Å². The van der Waals surface area contributed by atoms with Gasteiger partial charge in [-0.25, -0.2) is 13.2 Å². The topological polar surface area (TPSA) is 55.6 Å². The van der Waals surface area contributed by atoms with E-state index >= 15 is 0 Å². The van der Waals surface area contributed by atoms with Crippen LogP contribution in [0.4, 0.5) is 19.1 Å². The van der Waals surface area contributed by atoms with E-state index in [0.29, 0.717) is 16.8 Å². The molecule has 0 fully saturated rings. The van der Waals surface area contributed by atoms with Crippen molar-refractivity contribution < 1.29 is 13.2 Å². The maximum absolute atomic E-state index is 13.7. The Kier molecular flexibility index (Phi) is 4.59. The Labute approximate surface area is 144 Å². The number of rotatable bonds is 4. The predicted octanol–water partition coefficient (Wildman–Crippen LogP) is 4.00. The standard InChI is InChI=1S/C14H8Cl2F3N5/c15-8-2-1-3-12(13(8)16)24-14(21-22-23-24)20-6-7-4-10(18)11(19)5-9(7)17/h1-5H,6H2,(H,20,21,23). The van der Waals surface area contributed by atoms with Gasteiger partial charge in [-0.15, -0.1) is 0 Å². The van der Waals surface area contributed by atoms with E-state index in [2.05, 4.69) is 20.8 Å². The fourth-order valence-electron chi connectivity index (χ4n) is 1.99. The first kappa shape index (κ1) is 16.5. The van der Waals surface area contributed by atoms with Crippen LogP contribution in [0, 0.1) is 17.5 Å². The maximum Gasteiger partial charge on any atom is 0.248 e. The smallest absolute Gasteiger partial charge is 0.248 e. The largest absolute Gasteiger partial charge is 0.349 e. The fraction of sp³-hybridized carbons (Fsp3) is 0.0714. The lowest BCUT2D eigenvalue weighted by molar-refractivity contribution is 0.490. The third-order valence-corrected chi connectivity index (χ3v) is 3.96. The van der Waals surface area contributed by atoms with Crippen LogP contribution in [0.1, 0.15) is 5.56 Å². The van der Waals surface area contributed by atoms with Crippen molar-refractivity contribution in [2.75, 3.05) is 5.32 Å². The average Bonchev–Trinajstić information content (AvgIpc) is 3.00. The summed E-state index contributed by atoms with van der Waals surface area (Å²) in [5.41, 5.74) is 0.322. The lowest BCUT2D eigenvalue weighted by atomic mass is 10.2. The third kappa shape index (κ3) is 3.15. The fourth-order valence-corrected chi connectivity index (χ4v) is 2.36. The van der Waals surface area contributed by atoms with Crippen molar-refractivity contribution in [1.29, 1.82) is 0 Å². The zero-order valence-electron chi connectivity index (χ0n) is 11.8. The Balaban J connectivity index is 1.87. The van der Waals surface area contributed by atoms with Crippen LogP contribution in [0.2, 0.25) is 10.0 Å². The van der Waals surface area contributed by atoms with Gasteiger partial charge in [-0.3, -0.25) is 0 Å². The molecular weight excluding hydrogens is 366 g/mol. The third-order valence-electron chi connectivity index (χ3n) is 3.16. The molecule has 0 saturated heterocycles. The molecule has 10 heteroatoms. The number of hydrogen-bond donors (Lipinski definition) is 1. The summed E-state index contributed by atoms with van der Waals surface area (Å²) < 4.78 is 41.1. The van der Waals surface area contributed by atoms with E-state index in [1.807, 2.05) is 0 Å². The molecule has 124 valence electrons. The van der Waals surface area contributed by atoms with E-state index < -0.39 is 17.5 Å².